The van der Waals surface area contributed by atoms with E-state index in [1.54, 1.807) is 6.07 Å². The van der Waals surface area contributed by atoms with E-state index in [1.165, 1.54) is 11.3 Å². The maximum atomic E-state index is 11.9. The minimum Gasteiger partial charge on any atom is -0.326 e. The van der Waals surface area contributed by atoms with E-state index in [2.05, 4.69) is 11.6 Å². The summed E-state index contributed by atoms with van der Waals surface area (Å²) in [5.41, 5.74) is 6.49. The molecule has 3 N–H and O–H groups in total. The first-order valence-corrected chi connectivity index (χ1v) is 8.10. The van der Waals surface area contributed by atoms with Crippen molar-refractivity contribution in [1.29, 1.82) is 0 Å². The van der Waals surface area contributed by atoms with Gasteiger partial charge in [-0.1, -0.05) is 19.8 Å². The van der Waals surface area contributed by atoms with Gasteiger partial charge < -0.3 is 5.73 Å². The molecule has 17 heavy (non-hydrogen) atoms. The molecule has 0 saturated heterocycles. The fraction of sp³-hybridized carbons (Fsp3) is 0.636. The summed E-state index contributed by atoms with van der Waals surface area (Å²) in [4.78, 5) is 0.930. The zero-order valence-corrected chi connectivity index (χ0v) is 12.0. The van der Waals surface area contributed by atoms with Crippen LogP contribution >= 0.6 is 11.3 Å². The second kappa shape index (κ2) is 6.49. The summed E-state index contributed by atoms with van der Waals surface area (Å²) in [6.07, 6.45) is 3.00. The molecule has 0 aliphatic heterocycles. The first-order valence-electron chi connectivity index (χ1n) is 5.80. The monoisotopic (exact) mass is 276 g/mol. The molecule has 6 heteroatoms. The molecule has 1 aromatic rings. The van der Waals surface area contributed by atoms with Crippen molar-refractivity contribution >= 4 is 21.4 Å². The SMILES string of the molecule is CCCCCNS(=O)(=O)c1cc(C)c(CN)s1. The third-order valence-corrected chi connectivity index (χ3v) is 5.71. The van der Waals surface area contributed by atoms with Gasteiger partial charge in [0.25, 0.3) is 0 Å². The largest absolute Gasteiger partial charge is 0.326 e. The van der Waals surface area contributed by atoms with Gasteiger partial charge in [-0.15, -0.1) is 11.3 Å². The van der Waals surface area contributed by atoms with Crippen molar-refractivity contribution in [3.05, 3.63) is 16.5 Å². The van der Waals surface area contributed by atoms with Gasteiger partial charge in [-0.25, -0.2) is 13.1 Å². The van der Waals surface area contributed by atoms with E-state index in [1.807, 2.05) is 6.92 Å². The highest BCUT2D eigenvalue weighted by molar-refractivity contribution is 7.91. The number of nitrogens with one attached hydrogen (secondary N) is 1. The molecular weight excluding hydrogens is 256 g/mol. The first kappa shape index (κ1) is 14.6. The van der Waals surface area contributed by atoms with Crippen molar-refractivity contribution in [3.8, 4) is 0 Å². The lowest BCUT2D eigenvalue weighted by Crippen LogP contribution is -2.23. The zero-order chi connectivity index (χ0) is 12.9. The van der Waals surface area contributed by atoms with Gasteiger partial charge in [-0.05, 0) is 25.0 Å². The fourth-order valence-electron chi connectivity index (χ4n) is 1.48. The summed E-state index contributed by atoms with van der Waals surface area (Å²) in [5.74, 6) is 0. The number of unbranched alkanes of at least 4 members (excludes halogenated alkanes) is 2. The lowest BCUT2D eigenvalue weighted by atomic mass is 10.3. The third kappa shape index (κ3) is 4.06. The van der Waals surface area contributed by atoms with Crippen LogP contribution in [0.3, 0.4) is 0 Å². The van der Waals surface area contributed by atoms with Gasteiger partial charge in [0.15, 0.2) is 0 Å². The predicted octanol–water partition coefficient (Wildman–Crippen LogP) is 1.98. The van der Waals surface area contributed by atoms with Gasteiger partial charge in [0.05, 0.1) is 0 Å². The van der Waals surface area contributed by atoms with Gasteiger partial charge in [-0.2, -0.15) is 0 Å². The fourth-order valence-corrected chi connectivity index (χ4v) is 4.06. The molecule has 0 amide bonds. The Balaban J connectivity index is 2.69. The molecule has 0 aliphatic rings. The van der Waals surface area contributed by atoms with Crippen molar-refractivity contribution in [2.24, 2.45) is 5.73 Å². The highest BCUT2D eigenvalue weighted by atomic mass is 32.2. The van der Waals surface area contributed by atoms with Gasteiger partial charge in [0, 0.05) is 18.0 Å². The highest BCUT2D eigenvalue weighted by Gasteiger charge is 2.17. The Hall–Kier alpha value is -0.430. The van der Waals surface area contributed by atoms with E-state index in [-0.39, 0.29) is 0 Å². The van der Waals surface area contributed by atoms with Crippen LogP contribution in [0, 0.1) is 6.92 Å². The van der Waals surface area contributed by atoms with E-state index < -0.39 is 10.0 Å². The lowest BCUT2D eigenvalue weighted by Gasteiger charge is -2.03. The maximum Gasteiger partial charge on any atom is 0.250 e. The van der Waals surface area contributed by atoms with Crippen LogP contribution in [0.1, 0.15) is 36.6 Å². The number of sulfonamides is 1. The first-order chi connectivity index (χ1) is 8.01. The average molecular weight is 276 g/mol. The van der Waals surface area contributed by atoms with E-state index in [0.717, 1.165) is 29.7 Å². The van der Waals surface area contributed by atoms with Gasteiger partial charge in [-0.3, -0.25) is 0 Å². The second-order valence-corrected chi connectivity index (χ2v) is 7.11. The number of aryl methyl sites for hydroxylation is 1. The Morgan fingerprint density at radius 3 is 2.65 bits per heavy atom. The molecule has 4 nitrogen and oxygen atoms in total. The molecule has 1 rings (SSSR count). The van der Waals surface area contributed by atoms with Crippen molar-refractivity contribution in [3.63, 3.8) is 0 Å². The minimum absolute atomic E-state index is 0.368. The summed E-state index contributed by atoms with van der Waals surface area (Å²) < 4.78 is 26.9. The van der Waals surface area contributed by atoms with Gasteiger partial charge in [0.1, 0.15) is 4.21 Å². The van der Waals surface area contributed by atoms with Crippen LogP contribution in [0.2, 0.25) is 0 Å². The molecular formula is C11H20N2O2S2. The summed E-state index contributed by atoms with van der Waals surface area (Å²) >= 11 is 1.25. The molecule has 0 bridgehead atoms. The molecule has 1 heterocycles. The number of hydrogen-bond donors (Lipinski definition) is 2. The summed E-state index contributed by atoms with van der Waals surface area (Å²) in [6, 6.07) is 1.69. The molecule has 0 radical (unpaired) electrons. The minimum atomic E-state index is -3.34. The van der Waals surface area contributed by atoms with Crippen molar-refractivity contribution in [2.45, 2.75) is 43.9 Å². The molecule has 0 saturated carbocycles. The topological polar surface area (TPSA) is 72.2 Å². The van der Waals surface area contributed by atoms with Crippen molar-refractivity contribution in [2.75, 3.05) is 6.54 Å². The Morgan fingerprint density at radius 1 is 1.41 bits per heavy atom. The smallest absolute Gasteiger partial charge is 0.250 e. The second-order valence-electron chi connectivity index (χ2n) is 3.98. The summed E-state index contributed by atoms with van der Waals surface area (Å²) in [6.45, 7) is 4.87. The molecule has 0 aliphatic carbocycles. The standard InChI is InChI=1S/C11H20N2O2S2/c1-3-4-5-6-13-17(14,15)11-7-9(2)10(8-12)16-11/h7,13H,3-6,8,12H2,1-2H3. The van der Waals surface area contributed by atoms with Crippen LogP contribution in [0.5, 0.6) is 0 Å². The maximum absolute atomic E-state index is 11.9. The molecule has 1 aromatic heterocycles. The molecule has 98 valence electrons. The highest BCUT2D eigenvalue weighted by Crippen LogP contribution is 2.25. The van der Waals surface area contributed by atoms with Crippen LogP contribution < -0.4 is 10.5 Å². The molecule has 0 unspecified atom stereocenters. The number of thiophene rings is 1. The van der Waals surface area contributed by atoms with Crippen LogP contribution in [0.4, 0.5) is 0 Å². The average Bonchev–Trinajstić information content (AvgIpc) is 2.67. The number of hydrogen-bond acceptors (Lipinski definition) is 4. The normalized spacial score (nSPS) is 11.9. The Labute approximate surface area is 107 Å². The van der Waals surface area contributed by atoms with E-state index in [4.69, 9.17) is 5.73 Å². The molecule has 0 atom stereocenters. The summed E-state index contributed by atoms with van der Waals surface area (Å²) in [7, 11) is -3.34. The van der Waals surface area contributed by atoms with E-state index in [9.17, 15) is 8.42 Å². The van der Waals surface area contributed by atoms with Crippen LogP contribution in [-0.2, 0) is 16.6 Å². The van der Waals surface area contributed by atoms with Crippen LogP contribution in [0.25, 0.3) is 0 Å². The van der Waals surface area contributed by atoms with Gasteiger partial charge >= 0.3 is 0 Å². The zero-order valence-electron chi connectivity index (χ0n) is 10.3. The Kier molecular flexibility index (Phi) is 5.58. The Bertz CT molecular complexity index is 452. The number of nitrogens with two attached hydrogens (primary N) is 1. The summed E-state index contributed by atoms with van der Waals surface area (Å²) in [5, 5.41) is 0. The molecule has 0 spiro atoms. The Morgan fingerprint density at radius 2 is 2.12 bits per heavy atom. The van der Waals surface area contributed by atoms with E-state index >= 15 is 0 Å². The van der Waals surface area contributed by atoms with Crippen LogP contribution in [-0.4, -0.2) is 15.0 Å². The molecule has 0 fully saturated rings. The van der Waals surface area contributed by atoms with Crippen molar-refractivity contribution < 1.29 is 8.42 Å². The van der Waals surface area contributed by atoms with E-state index in [0.29, 0.717) is 17.3 Å². The number of rotatable bonds is 7. The van der Waals surface area contributed by atoms with Crippen molar-refractivity contribution in [1.82, 2.24) is 4.72 Å². The quantitative estimate of drug-likeness (QED) is 0.748. The predicted molar refractivity (Wildman–Crippen MR) is 71.7 cm³/mol. The van der Waals surface area contributed by atoms with Gasteiger partial charge in [0.2, 0.25) is 10.0 Å². The lowest BCUT2D eigenvalue weighted by molar-refractivity contribution is 0.578. The third-order valence-electron chi connectivity index (χ3n) is 2.52. The van der Waals surface area contributed by atoms with Crippen LogP contribution in [0.15, 0.2) is 10.3 Å². The molecule has 0 aromatic carbocycles.